The number of carbonyl (C=O) groups is 1. The van der Waals surface area contributed by atoms with E-state index in [9.17, 15) is 4.79 Å². The topological polar surface area (TPSA) is 33.2 Å². The van der Waals surface area contributed by atoms with Gasteiger partial charge in [-0.05, 0) is 40.5 Å². The molecule has 1 aromatic carbocycles. The van der Waals surface area contributed by atoms with Gasteiger partial charge in [0.15, 0.2) is 0 Å². The molecule has 0 N–H and O–H groups in total. The molecule has 1 aromatic heterocycles. The summed E-state index contributed by atoms with van der Waals surface area (Å²) in [6.07, 6.45) is 0. The average Bonchev–Trinajstić information content (AvgIpc) is 2.38. The smallest absolute Gasteiger partial charge is 0.272 e. The maximum Gasteiger partial charge on any atom is 0.272 e. The number of halogens is 1. The highest BCUT2D eigenvalue weighted by Crippen LogP contribution is 2.11. The van der Waals surface area contributed by atoms with Crippen LogP contribution in [0.5, 0.6) is 0 Å². The third-order valence-electron chi connectivity index (χ3n) is 2.78. The lowest BCUT2D eigenvalue weighted by atomic mass is 10.1. The summed E-state index contributed by atoms with van der Waals surface area (Å²) in [7, 11) is 1.78. The molecule has 0 aliphatic carbocycles. The average molecular weight is 319 g/mol. The maximum absolute atomic E-state index is 12.2. The molecule has 2 rings (SSSR count). The molecule has 0 unspecified atom stereocenters. The van der Waals surface area contributed by atoms with Crippen molar-refractivity contribution in [1.29, 1.82) is 0 Å². The van der Waals surface area contributed by atoms with Gasteiger partial charge in [-0.3, -0.25) is 4.79 Å². The molecule has 2 aromatic rings. The Bertz CT molecular complexity index is 598. The Morgan fingerprint density at radius 2 is 2.00 bits per heavy atom. The fourth-order valence-electron chi connectivity index (χ4n) is 1.88. The van der Waals surface area contributed by atoms with E-state index >= 15 is 0 Å². The molecule has 1 amide bonds. The van der Waals surface area contributed by atoms with Gasteiger partial charge in [0, 0.05) is 13.6 Å². The Morgan fingerprint density at radius 3 is 2.68 bits per heavy atom. The Kier molecular flexibility index (Phi) is 4.32. The summed E-state index contributed by atoms with van der Waals surface area (Å²) >= 11 is 3.27. The molecule has 0 spiro atoms. The van der Waals surface area contributed by atoms with Gasteiger partial charge >= 0.3 is 0 Å². The molecule has 0 atom stereocenters. The van der Waals surface area contributed by atoms with Crippen molar-refractivity contribution in [1.82, 2.24) is 9.88 Å². The normalized spacial score (nSPS) is 10.3. The standard InChI is InChI=1S/C15H15BrN2O/c1-11-5-3-6-12(9-11)10-18(2)15(19)13-7-4-8-14(16)17-13/h3-9H,10H2,1-2H3. The third-order valence-corrected chi connectivity index (χ3v) is 3.22. The largest absolute Gasteiger partial charge is 0.336 e. The monoisotopic (exact) mass is 318 g/mol. The van der Waals surface area contributed by atoms with E-state index in [0.717, 1.165) is 5.56 Å². The van der Waals surface area contributed by atoms with Crippen LogP contribution in [0.1, 0.15) is 21.6 Å². The van der Waals surface area contributed by atoms with E-state index in [-0.39, 0.29) is 5.91 Å². The SMILES string of the molecule is Cc1cccc(CN(C)C(=O)c2cccc(Br)n2)c1. The van der Waals surface area contributed by atoms with Gasteiger partial charge in [0.25, 0.3) is 5.91 Å². The van der Waals surface area contributed by atoms with Crippen molar-refractivity contribution >= 4 is 21.8 Å². The summed E-state index contributed by atoms with van der Waals surface area (Å²) in [4.78, 5) is 18.1. The zero-order valence-corrected chi connectivity index (χ0v) is 12.5. The van der Waals surface area contributed by atoms with Crippen molar-refractivity contribution in [2.24, 2.45) is 0 Å². The van der Waals surface area contributed by atoms with E-state index < -0.39 is 0 Å². The van der Waals surface area contributed by atoms with Gasteiger partial charge < -0.3 is 4.90 Å². The Balaban J connectivity index is 2.12. The minimum absolute atomic E-state index is 0.0807. The lowest BCUT2D eigenvalue weighted by Gasteiger charge is -2.17. The first-order valence-corrected chi connectivity index (χ1v) is 6.79. The second kappa shape index (κ2) is 5.97. The summed E-state index contributed by atoms with van der Waals surface area (Å²) in [5, 5.41) is 0. The van der Waals surface area contributed by atoms with Gasteiger partial charge in [-0.15, -0.1) is 0 Å². The van der Waals surface area contributed by atoms with E-state index in [0.29, 0.717) is 16.8 Å². The highest BCUT2D eigenvalue weighted by molar-refractivity contribution is 9.10. The minimum atomic E-state index is -0.0807. The van der Waals surface area contributed by atoms with Crippen molar-refractivity contribution < 1.29 is 4.79 Å². The van der Waals surface area contributed by atoms with Gasteiger partial charge in [-0.2, -0.15) is 0 Å². The van der Waals surface area contributed by atoms with Crippen LogP contribution in [0.2, 0.25) is 0 Å². The summed E-state index contributed by atoms with van der Waals surface area (Å²) < 4.78 is 0.669. The number of aryl methyl sites for hydroxylation is 1. The number of nitrogens with zero attached hydrogens (tertiary/aromatic N) is 2. The maximum atomic E-state index is 12.2. The molecular weight excluding hydrogens is 304 g/mol. The second-order valence-electron chi connectivity index (χ2n) is 4.50. The Hall–Kier alpha value is -1.68. The highest BCUT2D eigenvalue weighted by Gasteiger charge is 2.13. The van der Waals surface area contributed by atoms with Gasteiger partial charge in [0.2, 0.25) is 0 Å². The van der Waals surface area contributed by atoms with Crippen LogP contribution < -0.4 is 0 Å². The molecular formula is C15H15BrN2O. The Morgan fingerprint density at radius 1 is 1.26 bits per heavy atom. The van der Waals surface area contributed by atoms with E-state index in [4.69, 9.17) is 0 Å². The van der Waals surface area contributed by atoms with Crippen LogP contribution in [-0.4, -0.2) is 22.8 Å². The zero-order valence-electron chi connectivity index (χ0n) is 10.9. The van der Waals surface area contributed by atoms with Crippen molar-refractivity contribution in [3.8, 4) is 0 Å². The quantitative estimate of drug-likeness (QED) is 0.812. The molecule has 3 nitrogen and oxygen atoms in total. The first-order valence-electron chi connectivity index (χ1n) is 6.00. The molecule has 0 bridgehead atoms. The number of rotatable bonds is 3. The van der Waals surface area contributed by atoms with Crippen molar-refractivity contribution in [2.75, 3.05) is 7.05 Å². The fraction of sp³-hybridized carbons (Fsp3) is 0.200. The number of pyridine rings is 1. The van der Waals surface area contributed by atoms with E-state index in [2.05, 4.69) is 27.0 Å². The highest BCUT2D eigenvalue weighted by atomic mass is 79.9. The molecule has 4 heteroatoms. The fourth-order valence-corrected chi connectivity index (χ4v) is 2.22. The van der Waals surface area contributed by atoms with Gasteiger partial charge in [-0.1, -0.05) is 35.9 Å². The molecule has 0 radical (unpaired) electrons. The lowest BCUT2D eigenvalue weighted by Crippen LogP contribution is -2.27. The molecule has 0 aliphatic rings. The number of benzene rings is 1. The number of carbonyl (C=O) groups excluding carboxylic acids is 1. The third kappa shape index (κ3) is 3.64. The van der Waals surface area contributed by atoms with Crippen molar-refractivity contribution in [3.05, 3.63) is 63.9 Å². The van der Waals surface area contributed by atoms with E-state index in [1.807, 2.05) is 31.2 Å². The summed E-state index contributed by atoms with van der Waals surface area (Å²) in [6.45, 7) is 2.62. The predicted octanol–water partition coefficient (Wildman–Crippen LogP) is 3.42. The molecule has 0 fully saturated rings. The van der Waals surface area contributed by atoms with Crippen LogP contribution >= 0.6 is 15.9 Å². The van der Waals surface area contributed by atoms with Crippen LogP contribution in [0.25, 0.3) is 0 Å². The van der Waals surface area contributed by atoms with Gasteiger partial charge in [-0.25, -0.2) is 4.98 Å². The predicted molar refractivity (Wildman–Crippen MR) is 78.9 cm³/mol. The first kappa shape index (κ1) is 13.7. The molecule has 0 saturated heterocycles. The van der Waals surface area contributed by atoms with Gasteiger partial charge in [0.05, 0.1) is 0 Å². The lowest BCUT2D eigenvalue weighted by molar-refractivity contribution is 0.0779. The van der Waals surface area contributed by atoms with Crippen LogP contribution in [0.15, 0.2) is 47.1 Å². The van der Waals surface area contributed by atoms with E-state index in [1.54, 1.807) is 24.1 Å². The van der Waals surface area contributed by atoms with E-state index in [1.165, 1.54) is 5.56 Å². The zero-order chi connectivity index (χ0) is 13.8. The number of hydrogen-bond acceptors (Lipinski definition) is 2. The molecule has 0 aliphatic heterocycles. The first-order chi connectivity index (χ1) is 9.06. The van der Waals surface area contributed by atoms with Crippen LogP contribution in [0, 0.1) is 6.92 Å². The number of hydrogen-bond donors (Lipinski definition) is 0. The minimum Gasteiger partial charge on any atom is -0.336 e. The Labute approximate surface area is 121 Å². The molecule has 98 valence electrons. The van der Waals surface area contributed by atoms with Crippen LogP contribution in [-0.2, 0) is 6.54 Å². The number of amides is 1. The second-order valence-corrected chi connectivity index (χ2v) is 5.31. The summed E-state index contributed by atoms with van der Waals surface area (Å²) in [6, 6.07) is 13.5. The van der Waals surface area contributed by atoms with Gasteiger partial charge in [0.1, 0.15) is 10.3 Å². The molecule has 1 heterocycles. The number of aromatic nitrogens is 1. The van der Waals surface area contributed by atoms with Crippen LogP contribution in [0.4, 0.5) is 0 Å². The van der Waals surface area contributed by atoms with Crippen LogP contribution in [0.3, 0.4) is 0 Å². The summed E-state index contributed by atoms with van der Waals surface area (Å²) in [5.74, 6) is -0.0807. The van der Waals surface area contributed by atoms with Crippen molar-refractivity contribution in [3.63, 3.8) is 0 Å². The molecule has 0 saturated carbocycles. The molecule has 19 heavy (non-hydrogen) atoms. The van der Waals surface area contributed by atoms with Crippen molar-refractivity contribution in [2.45, 2.75) is 13.5 Å². The summed E-state index contributed by atoms with van der Waals surface area (Å²) in [5.41, 5.74) is 2.76.